The standard InChI is InChI=1S/C13H23NO4/c15-13(10-17-12-1-5-14-6-2-12)18-9-11-3-7-16-8-4-11/h11-12,14H,1-10H2. The van der Waals surface area contributed by atoms with Gasteiger partial charge in [-0.25, -0.2) is 4.79 Å². The third-order valence-corrected chi connectivity index (χ3v) is 3.54. The Morgan fingerprint density at radius 2 is 1.89 bits per heavy atom. The lowest BCUT2D eigenvalue weighted by atomic mass is 10.0. The molecule has 5 nitrogen and oxygen atoms in total. The normalized spacial score (nSPS) is 22.9. The maximum atomic E-state index is 11.5. The molecular weight excluding hydrogens is 234 g/mol. The van der Waals surface area contributed by atoms with Crippen LogP contribution in [0.25, 0.3) is 0 Å². The Kier molecular flexibility index (Phi) is 5.90. The molecule has 0 aliphatic carbocycles. The van der Waals surface area contributed by atoms with Gasteiger partial charge in [0.05, 0.1) is 12.7 Å². The average Bonchev–Trinajstić information content (AvgIpc) is 2.45. The van der Waals surface area contributed by atoms with Crippen LogP contribution in [0.2, 0.25) is 0 Å². The van der Waals surface area contributed by atoms with Crippen LogP contribution >= 0.6 is 0 Å². The monoisotopic (exact) mass is 257 g/mol. The van der Waals surface area contributed by atoms with Gasteiger partial charge >= 0.3 is 5.97 Å². The van der Waals surface area contributed by atoms with Gasteiger partial charge in [0.2, 0.25) is 0 Å². The minimum Gasteiger partial charge on any atom is -0.464 e. The van der Waals surface area contributed by atoms with Gasteiger partial charge in [-0.2, -0.15) is 0 Å². The van der Waals surface area contributed by atoms with Crippen molar-refractivity contribution >= 4 is 5.97 Å². The Labute approximate surface area is 108 Å². The van der Waals surface area contributed by atoms with Crippen molar-refractivity contribution < 1.29 is 19.0 Å². The van der Waals surface area contributed by atoms with Crippen molar-refractivity contribution in [2.75, 3.05) is 39.5 Å². The lowest BCUT2D eigenvalue weighted by Gasteiger charge is -2.23. The van der Waals surface area contributed by atoms with Gasteiger partial charge in [-0.1, -0.05) is 0 Å². The molecule has 2 heterocycles. The molecule has 2 fully saturated rings. The zero-order chi connectivity index (χ0) is 12.6. The summed E-state index contributed by atoms with van der Waals surface area (Å²) >= 11 is 0. The first-order valence-electron chi connectivity index (χ1n) is 6.90. The molecule has 0 spiro atoms. The van der Waals surface area contributed by atoms with E-state index in [1.165, 1.54) is 0 Å². The van der Waals surface area contributed by atoms with Crippen LogP contribution in [-0.4, -0.2) is 51.6 Å². The summed E-state index contributed by atoms with van der Waals surface area (Å²) in [5.41, 5.74) is 0. The fourth-order valence-corrected chi connectivity index (χ4v) is 2.31. The minimum atomic E-state index is -0.236. The summed E-state index contributed by atoms with van der Waals surface area (Å²) in [6, 6.07) is 0. The quantitative estimate of drug-likeness (QED) is 0.736. The molecule has 2 aliphatic rings. The molecule has 18 heavy (non-hydrogen) atoms. The molecule has 0 saturated carbocycles. The third-order valence-electron chi connectivity index (χ3n) is 3.54. The van der Waals surface area contributed by atoms with Crippen molar-refractivity contribution in [3.63, 3.8) is 0 Å². The maximum absolute atomic E-state index is 11.5. The predicted octanol–water partition coefficient (Wildman–Crippen LogP) is 0.725. The molecule has 0 aromatic carbocycles. The highest BCUT2D eigenvalue weighted by atomic mass is 16.6. The van der Waals surface area contributed by atoms with Crippen LogP contribution in [0, 0.1) is 5.92 Å². The largest absolute Gasteiger partial charge is 0.464 e. The molecule has 0 atom stereocenters. The van der Waals surface area contributed by atoms with Crippen LogP contribution in [0.15, 0.2) is 0 Å². The van der Waals surface area contributed by atoms with Crippen molar-refractivity contribution in [3.8, 4) is 0 Å². The van der Waals surface area contributed by atoms with Gasteiger partial charge < -0.3 is 19.5 Å². The van der Waals surface area contributed by atoms with Crippen molar-refractivity contribution in [2.45, 2.75) is 31.8 Å². The summed E-state index contributed by atoms with van der Waals surface area (Å²) in [5.74, 6) is 0.224. The number of rotatable bonds is 5. The van der Waals surface area contributed by atoms with Gasteiger partial charge in [0.15, 0.2) is 0 Å². The molecule has 104 valence electrons. The first-order chi connectivity index (χ1) is 8.84. The average molecular weight is 257 g/mol. The van der Waals surface area contributed by atoms with Crippen molar-refractivity contribution in [2.24, 2.45) is 5.92 Å². The zero-order valence-corrected chi connectivity index (χ0v) is 10.9. The molecule has 0 radical (unpaired) electrons. The fourth-order valence-electron chi connectivity index (χ4n) is 2.31. The summed E-state index contributed by atoms with van der Waals surface area (Å²) < 4.78 is 16.0. The highest BCUT2D eigenvalue weighted by molar-refractivity contribution is 5.70. The molecule has 0 bridgehead atoms. The smallest absolute Gasteiger partial charge is 0.332 e. The van der Waals surface area contributed by atoms with E-state index in [0.29, 0.717) is 12.5 Å². The first kappa shape index (κ1) is 13.8. The second-order valence-electron chi connectivity index (χ2n) is 5.00. The topological polar surface area (TPSA) is 56.8 Å². The molecule has 2 rings (SSSR count). The van der Waals surface area contributed by atoms with E-state index in [9.17, 15) is 4.79 Å². The van der Waals surface area contributed by atoms with E-state index < -0.39 is 0 Å². The number of ether oxygens (including phenoxy) is 3. The Bertz CT molecular complexity index is 223. The summed E-state index contributed by atoms with van der Waals surface area (Å²) in [7, 11) is 0. The molecule has 0 amide bonds. The number of piperidine rings is 1. The Morgan fingerprint density at radius 3 is 2.61 bits per heavy atom. The van der Waals surface area contributed by atoms with E-state index in [-0.39, 0.29) is 18.7 Å². The number of nitrogens with one attached hydrogen (secondary N) is 1. The fraction of sp³-hybridized carbons (Fsp3) is 0.923. The Morgan fingerprint density at radius 1 is 1.17 bits per heavy atom. The second-order valence-corrected chi connectivity index (χ2v) is 5.00. The molecule has 5 heteroatoms. The number of carbonyl (C=O) groups excluding carboxylic acids is 1. The number of carbonyl (C=O) groups is 1. The minimum absolute atomic E-state index is 0.0912. The summed E-state index contributed by atoms with van der Waals surface area (Å²) in [6.45, 7) is 4.12. The van der Waals surface area contributed by atoms with E-state index >= 15 is 0 Å². The number of esters is 1. The highest BCUT2D eigenvalue weighted by Gasteiger charge is 2.18. The molecule has 2 aliphatic heterocycles. The van der Waals surface area contributed by atoms with E-state index in [1.807, 2.05) is 0 Å². The molecule has 0 aromatic heterocycles. The molecule has 1 N–H and O–H groups in total. The predicted molar refractivity (Wildman–Crippen MR) is 66.3 cm³/mol. The lowest BCUT2D eigenvalue weighted by Crippen LogP contribution is -2.34. The number of hydrogen-bond donors (Lipinski definition) is 1. The van der Waals surface area contributed by atoms with Crippen LogP contribution < -0.4 is 5.32 Å². The maximum Gasteiger partial charge on any atom is 0.332 e. The van der Waals surface area contributed by atoms with Crippen LogP contribution in [0.5, 0.6) is 0 Å². The van der Waals surface area contributed by atoms with Gasteiger partial charge in [0.25, 0.3) is 0 Å². The van der Waals surface area contributed by atoms with E-state index in [0.717, 1.165) is 52.0 Å². The van der Waals surface area contributed by atoms with Gasteiger partial charge in [-0.3, -0.25) is 0 Å². The number of hydrogen-bond acceptors (Lipinski definition) is 5. The molecule has 2 saturated heterocycles. The van der Waals surface area contributed by atoms with Crippen molar-refractivity contribution in [1.29, 1.82) is 0 Å². The summed E-state index contributed by atoms with van der Waals surface area (Å²) in [6.07, 6.45) is 4.15. The van der Waals surface area contributed by atoms with Crippen molar-refractivity contribution in [1.82, 2.24) is 5.32 Å². The van der Waals surface area contributed by atoms with Crippen LogP contribution in [-0.2, 0) is 19.0 Å². The van der Waals surface area contributed by atoms with Crippen molar-refractivity contribution in [3.05, 3.63) is 0 Å². The third kappa shape index (κ3) is 4.92. The highest BCUT2D eigenvalue weighted by Crippen LogP contribution is 2.15. The van der Waals surface area contributed by atoms with Crippen LogP contribution in [0.4, 0.5) is 0 Å². The van der Waals surface area contributed by atoms with E-state index in [1.54, 1.807) is 0 Å². The van der Waals surface area contributed by atoms with Crippen LogP contribution in [0.3, 0.4) is 0 Å². The molecule has 0 aromatic rings. The SMILES string of the molecule is O=C(COC1CCNCC1)OCC1CCOCC1. The summed E-state index contributed by atoms with van der Waals surface area (Å²) in [5, 5.41) is 3.26. The van der Waals surface area contributed by atoms with E-state index in [4.69, 9.17) is 14.2 Å². The lowest BCUT2D eigenvalue weighted by molar-refractivity contribution is -0.153. The second kappa shape index (κ2) is 7.71. The summed E-state index contributed by atoms with van der Waals surface area (Å²) in [4.78, 5) is 11.5. The van der Waals surface area contributed by atoms with Gasteiger partial charge in [-0.15, -0.1) is 0 Å². The van der Waals surface area contributed by atoms with Gasteiger partial charge in [0.1, 0.15) is 6.61 Å². The molecular formula is C13H23NO4. The zero-order valence-electron chi connectivity index (χ0n) is 10.9. The first-order valence-corrected chi connectivity index (χ1v) is 6.90. The van der Waals surface area contributed by atoms with Gasteiger partial charge in [-0.05, 0) is 44.7 Å². The van der Waals surface area contributed by atoms with Gasteiger partial charge in [0, 0.05) is 13.2 Å². The molecule has 0 unspecified atom stereocenters. The van der Waals surface area contributed by atoms with E-state index in [2.05, 4.69) is 5.32 Å². The Hall–Kier alpha value is -0.650. The Balaban J connectivity index is 1.54. The van der Waals surface area contributed by atoms with Crippen LogP contribution in [0.1, 0.15) is 25.7 Å².